The monoisotopic (exact) mass is 278 g/mol. The second kappa shape index (κ2) is 5.32. The smallest absolute Gasteiger partial charge is 0.221 e. The molecule has 0 atom stereocenters. The lowest BCUT2D eigenvalue weighted by Gasteiger charge is -2.07. The second-order valence-electron chi connectivity index (χ2n) is 4.17. The Kier molecular flexibility index (Phi) is 3.76. The van der Waals surface area contributed by atoms with E-state index < -0.39 is 0 Å². The fourth-order valence-corrected chi connectivity index (χ4v) is 1.84. The van der Waals surface area contributed by atoms with Crippen LogP contribution in [0.5, 0.6) is 5.75 Å². The molecule has 0 radical (unpaired) electrons. The molecule has 2 rings (SSSR count). The van der Waals surface area contributed by atoms with Gasteiger partial charge in [-0.2, -0.15) is 5.10 Å². The number of halogens is 1. The number of nitrogens with two attached hydrogens (primary N) is 1. The molecule has 19 heavy (non-hydrogen) atoms. The van der Waals surface area contributed by atoms with Crippen LogP contribution in [0.4, 0.5) is 5.95 Å². The van der Waals surface area contributed by atoms with Crippen LogP contribution in [0.15, 0.2) is 23.4 Å². The minimum absolute atomic E-state index is 0.339. The molecular weight excluding hydrogens is 264 g/mol. The minimum Gasteiger partial charge on any atom is -0.496 e. The second-order valence-corrected chi connectivity index (χ2v) is 4.58. The molecule has 1 aromatic carbocycles. The topological polar surface area (TPSA) is 65.4 Å². The quantitative estimate of drug-likeness (QED) is 0.878. The molecule has 0 unspecified atom stereocenters. The molecule has 0 aliphatic rings. The summed E-state index contributed by atoms with van der Waals surface area (Å²) in [7, 11) is 1.61. The van der Waals surface area contributed by atoms with E-state index in [1.54, 1.807) is 25.6 Å². The fraction of sp³-hybridized carbons (Fsp3) is 0.231. The number of ether oxygens (including phenoxy) is 1. The summed E-state index contributed by atoms with van der Waals surface area (Å²) in [6.07, 6.45) is 3.38. The Morgan fingerprint density at radius 3 is 2.74 bits per heavy atom. The molecule has 0 saturated carbocycles. The van der Waals surface area contributed by atoms with Gasteiger partial charge in [-0.25, -0.2) is 9.66 Å². The predicted molar refractivity (Wildman–Crippen MR) is 77.1 cm³/mol. The summed E-state index contributed by atoms with van der Waals surface area (Å²) in [5.41, 5.74) is 8.25. The molecule has 0 saturated heterocycles. The van der Waals surface area contributed by atoms with E-state index in [-0.39, 0.29) is 0 Å². The average molecular weight is 279 g/mol. The first-order valence-electron chi connectivity index (χ1n) is 5.71. The largest absolute Gasteiger partial charge is 0.496 e. The minimum atomic E-state index is 0.339. The van der Waals surface area contributed by atoms with Crippen molar-refractivity contribution >= 4 is 23.8 Å². The van der Waals surface area contributed by atoms with Gasteiger partial charge in [-0.15, -0.1) is 0 Å². The maximum atomic E-state index is 6.10. The molecule has 6 heteroatoms. The van der Waals surface area contributed by atoms with E-state index in [1.165, 1.54) is 4.68 Å². The molecule has 100 valence electrons. The summed E-state index contributed by atoms with van der Waals surface area (Å²) in [6.45, 7) is 3.77. The molecule has 0 fully saturated rings. The van der Waals surface area contributed by atoms with Gasteiger partial charge in [0.1, 0.15) is 5.75 Å². The van der Waals surface area contributed by atoms with E-state index in [4.69, 9.17) is 22.1 Å². The van der Waals surface area contributed by atoms with Crippen molar-refractivity contribution in [1.82, 2.24) is 9.66 Å². The highest BCUT2D eigenvalue weighted by Crippen LogP contribution is 2.25. The van der Waals surface area contributed by atoms with Crippen LogP contribution >= 0.6 is 11.6 Å². The maximum absolute atomic E-state index is 6.10. The zero-order valence-electron chi connectivity index (χ0n) is 11.0. The number of methoxy groups -OCH3 is 1. The van der Waals surface area contributed by atoms with Crippen molar-refractivity contribution in [3.63, 3.8) is 0 Å². The third-order valence-electron chi connectivity index (χ3n) is 2.67. The standard InChI is InChI=1S/C13H15ClN4O/c1-8-4-12(19-3)10(5-11(8)14)6-16-18-7-9(2)17-13(18)15/h4-7H,1-3H3,(H2,15,17). The van der Waals surface area contributed by atoms with E-state index in [0.717, 1.165) is 16.8 Å². The summed E-state index contributed by atoms with van der Waals surface area (Å²) in [5, 5.41) is 4.91. The molecule has 0 aliphatic heterocycles. The number of rotatable bonds is 3. The van der Waals surface area contributed by atoms with Crippen molar-refractivity contribution in [1.29, 1.82) is 0 Å². The van der Waals surface area contributed by atoms with Gasteiger partial charge in [0.25, 0.3) is 0 Å². The summed E-state index contributed by atoms with van der Waals surface area (Å²) >= 11 is 6.10. The number of aromatic nitrogens is 2. The SMILES string of the molecule is COc1cc(C)c(Cl)cc1C=Nn1cc(C)nc1N. The Morgan fingerprint density at radius 2 is 2.16 bits per heavy atom. The van der Waals surface area contributed by atoms with E-state index >= 15 is 0 Å². The van der Waals surface area contributed by atoms with Crippen molar-refractivity contribution in [3.05, 3.63) is 40.2 Å². The van der Waals surface area contributed by atoms with Crippen LogP contribution in [-0.2, 0) is 0 Å². The van der Waals surface area contributed by atoms with Crippen LogP contribution in [0.1, 0.15) is 16.8 Å². The van der Waals surface area contributed by atoms with Crippen molar-refractivity contribution < 1.29 is 4.74 Å². The Balaban J connectivity index is 2.37. The van der Waals surface area contributed by atoms with E-state index in [1.807, 2.05) is 19.9 Å². The first-order chi connectivity index (χ1) is 9.01. The van der Waals surface area contributed by atoms with Gasteiger partial charge in [-0.3, -0.25) is 0 Å². The zero-order chi connectivity index (χ0) is 14.0. The Morgan fingerprint density at radius 1 is 1.42 bits per heavy atom. The summed E-state index contributed by atoms with van der Waals surface area (Å²) in [5.74, 6) is 1.05. The first-order valence-corrected chi connectivity index (χ1v) is 6.09. The summed E-state index contributed by atoms with van der Waals surface area (Å²) in [6, 6.07) is 3.67. The van der Waals surface area contributed by atoms with Gasteiger partial charge in [0.15, 0.2) is 0 Å². The zero-order valence-corrected chi connectivity index (χ0v) is 11.8. The van der Waals surface area contributed by atoms with Gasteiger partial charge in [0.05, 0.1) is 25.2 Å². The van der Waals surface area contributed by atoms with E-state index in [9.17, 15) is 0 Å². The molecule has 2 aromatic rings. The highest BCUT2D eigenvalue weighted by molar-refractivity contribution is 6.31. The van der Waals surface area contributed by atoms with Gasteiger partial charge in [0, 0.05) is 10.6 Å². The van der Waals surface area contributed by atoms with Crippen LogP contribution < -0.4 is 10.5 Å². The van der Waals surface area contributed by atoms with Crippen LogP contribution in [-0.4, -0.2) is 23.0 Å². The third kappa shape index (κ3) is 2.88. The fourth-order valence-electron chi connectivity index (χ4n) is 1.67. The molecule has 0 amide bonds. The summed E-state index contributed by atoms with van der Waals surface area (Å²) in [4.78, 5) is 4.07. The molecular formula is C13H15ClN4O. The third-order valence-corrected chi connectivity index (χ3v) is 3.07. The van der Waals surface area contributed by atoms with Crippen LogP contribution in [0.2, 0.25) is 5.02 Å². The van der Waals surface area contributed by atoms with Gasteiger partial charge < -0.3 is 10.5 Å². The molecule has 5 nitrogen and oxygen atoms in total. The molecule has 0 spiro atoms. The number of imidazole rings is 1. The number of hydrogen-bond donors (Lipinski definition) is 1. The molecule has 1 aromatic heterocycles. The molecule has 1 heterocycles. The van der Waals surface area contributed by atoms with Crippen molar-refractivity contribution in [2.45, 2.75) is 13.8 Å². The van der Waals surface area contributed by atoms with Crippen molar-refractivity contribution in [3.8, 4) is 5.75 Å². The van der Waals surface area contributed by atoms with Gasteiger partial charge in [-0.1, -0.05) is 11.6 Å². The van der Waals surface area contributed by atoms with Crippen LogP contribution in [0, 0.1) is 13.8 Å². The molecule has 0 bridgehead atoms. The van der Waals surface area contributed by atoms with Crippen LogP contribution in [0.3, 0.4) is 0 Å². The van der Waals surface area contributed by atoms with Gasteiger partial charge >= 0.3 is 0 Å². The number of nitrogen functional groups attached to an aromatic ring is 1. The number of hydrogen-bond acceptors (Lipinski definition) is 4. The van der Waals surface area contributed by atoms with Gasteiger partial charge in [-0.05, 0) is 31.5 Å². The van der Waals surface area contributed by atoms with Crippen LogP contribution in [0.25, 0.3) is 0 Å². The average Bonchev–Trinajstić information content (AvgIpc) is 2.68. The first kappa shape index (κ1) is 13.4. The highest BCUT2D eigenvalue weighted by atomic mass is 35.5. The van der Waals surface area contributed by atoms with Gasteiger partial charge in [0.2, 0.25) is 5.95 Å². The number of aryl methyl sites for hydroxylation is 2. The Labute approximate surface area is 116 Å². The lowest BCUT2D eigenvalue weighted by molar-refractivity contribution is 0.414. The predicted octanol–water partition coefficient (Wildman–Crippen LogP) is 2.63. The Hall–Kier alpha value is -2.01. The number of nitrogens with zero attached hydrogens (tertiary/aromatic N) is 3. The number of anilines is 1. The van der Waals surface area contributed by atoms with Crippen molar-refractivity contribution in [2.75, 3.05) is 12.8 Å². The Bertz CT molecular complexity index is 634. The normalized spacial score (nSPS) is 11.2. The van der Waals surface area contributed by atoms with E-state index in [2.05, 4.69) is 10.1 Å². The molecule has 2 N–H and O–H groups in total. The lowest BCUT2D eigenvalue weighted by atomic mass is 10.1. The van der Waals surface area contributed by atoms with Crippen molar-refractivity contribution in [2.24, 2.45) is 5.10 Å². The van der Waals surface area contributed by atoms with E-state index in [0.29, 0.717) is 16.7 Å². The molecule has 0 aliphatic carbocycles. The highest BCUT2D eigenvalue weighted by Gasteiger charge is 2.05. The lowest BCUT2D eigenvalue weighted by Crippen LogP contribution is -1.98. The summed E-state index contributed by atoms with van der Waals surface area (Å²) < 4.78 is 6.80. The number of benzene rings is 1. The maximum Gasteiger partial charge on any atom is 0.221 e.